The normalized spacial score (nSPS) is 18.3. The maximum atomic E-state index is 2.69. The van der Waals surface area contributed by atoms with E-state index < -0.39 is 26.8 Å². The molecule has 0 N–H and O–H groups in total. The van der Waals surface area contributed by atoms with E-state index in [1.807, 2.05) is 0 Å². The molecule has 0 spiro atoms. The van der Waals surface area contributed by atoms with Gasteiger partial charge in [-0.15, -0.1) is 0 Å². The van der Waals surface area contributed by atoms with Crippen LogP contribution < -0.4 is 9.41 Å². The van der Waals surface area contributed by atoms with Gasteiger partial charge in [-0.25, -0.2) is 0 Å². The van der Waals surface area contributed by atoms with Crippen molar-refractivity contribution in [1.29, 1.82) is 0 Å². The third-order valence-electron chi connectivity index (χ3n) is 7.01. The Morgan fingerprint density at radius 2 is 1.09 bits per heavy atom. The van der Waals surface area contributed by atoms with Crippen LogP contribution in [0.3, 0.4) is 0 Å². The van der Waals surface area contributed by atoms with Crippen molar-refractivity contribution in [3.8, 4) is 0 Å². The quantitative estimate of drug-likeness (QED) is 0.437. The zero-order chi connectivity index (χ0) is 21.1. The topological polar surface area (TPSA) is 0 Å². The first-order valence-electron chi connectivity index (χ1n) is 12.1. The summed E-state index contributed by atoms with van der Waals surface area (Å²) in [5.41, 5.74) is 10.1. The van der Waals surface area contributed by atoms with Crippen molar-refractivity contribution in [2.24, 2.45) is 0 Å². The molecule has 0 radical (unpaired) electrons. The summed E-state index contributed by atoms with van der Waals surface area (Å²) in [6, 6.07) is 18.8. The molecule has 0 bridgehead atoms. The Morgan fingerprint density at radius 3 is 1.47 bits per heavy atom. The van der Waals surface area contributed by atoms with Gasteiger partial charge in [-0.05, 0) is 0 Å². The van der Waals surface area contributed by atoms with Gasteiger partial charge in [0.1, 0.15) is 0 Å². The Labute approximate surface area is 202 Å². The van der Waals surface area contributed by atoms with Gasteiger partial charge in [-0.1, -0.05) is 0 Å². The molecule has 0 aromatic heterocycles. The first kappa shape index (κ1) is 27.1. The molecule has 4 rings (SSSR count). The van der Waals surface area contributed by atoms with Crippen LogP contribution in [-0.2, 0) is 20.9 Å². The van der Waals surface area contributed by atoms with Crippen LogP contribution in [0.4, 0.5) is 0 Å². The fourth-order valence-corrected chi connectivity index (χ4v) is 28.5. The summed E-state index contributed by atoms with van der Waals surface area (Å²) in [5, 5.41) is 0. The van der Waals surface area contributed by atoms with Gasteiger partial charge in [0.15, 0.2) is 0 Å². The minimum Gasteiger partial charge on any atom is -1.00 e. The van der Waals surface area contributed by atoms with Gasteiger partial charge in [-0.3, -0.25) is 0 Å². The molecule has 32 heavy (non-hydrogen) atoms. The number of fused-ring (bicyclic) bond motifs is 2. The van der Waals surface area contributed by atoms with Crippen molar-refractivity contribution in [3.05, 3.63) is 81.9 Å². The van der Waals surface area contributed by atoms with Crippen LogP contribution in [0.25, 0.3) is 12.2 Å². The Bertz CT molecular complexity index is 876. The van der Waals surface area contributed by atoms with Crippen LogP contribution in [0.5, 0.6) is 0 Å². The predicted octanol–water partition coefficient (Wildman–Crippen LogP) is 2.25. The zero-order valence-electron chi connectivity index (χ0n) is 20.0. The third kappa shape index (κ3) is 5.33. The standard InChI is InChI=1S/2C13H15.C2H7Si.2FH.Zr/c2*1-2-3-6-11-9-12-7-4-5-8-13(12)10-11;1-3-2;;;/h2*4-5,7-10H,2-3,6H2,1H3;3H,1-2H3;2*1H;/q;;;;;+2/p-2. The summed E-state index contributed by atoms with van der Waals surface area (Å²) in [6.45, 7) is 10.1. The zero-order valence-corrected chi connectivity index (χ0v) is 23.6. The molecule has 2 aliphatic carbocycles. The van der Waals surface area contributed by atoms with Crippen molar-refractivity contribution in [2.45, 2.75) is 72.7 Å². The largest absolute Gasteiger partial charge is 1.00 e. The Morgan fingerprint density at radius 1 is 0.688 bits per heavy atom. The van der Waals surface area contributed by atoms with Crippen LogP contribution in [-0.4, -0.2) is 5.92 Å². The number of unbranched alkanes of at least 4 members (excludes halogenated alkanes) is 2. The molecular weight excluding hydrogens is 494 g/mol. The van der Waals surface area contributed by atoms with Crippen molar-refractivity contribution in [1.82, 2.24) is 0 Å². The van der Waals surface area contributed by atoms with E-state index in [1.54, 1.807) is 22.3 Å². The molecule has 0 saturated carbocycles. The summed E-state index contributed by atoms with van der Waals surface area (Å²) in [5.74, 6) is -0.739. The molecule has 0 saturated heterocycles. The second-order valence-corrected chi connectivity index (χ2v) is 29.5. The molecule has 0 amide bonds. The smallest absolute Gasteiger partial charge is 1.00 e. The van der Waals surface area contributed by atoms with Gasteiger partial charge in [-0.2, -0.15) is 0 Å². The maximum absolute atomic E-state index is 2.69. The summed E-state index contributed by atoms with van der Waals surface area (Å²) in [7, 11) is 0. The van der Waals surface area contributed by atoms with Gasteiger partial charge >= 0.3 is 194 Å². The molecular formula is C28H37F2SiZr. The first-order valence-corrected chi connectivity index (χ1v) is 22.1. The molecule has 0 aliphatic heterocycles. The van der Waals surface area contributed by atoms with Crippen molar-refractivity contribution < 1.29 is 30.3 Å². The van der Waals surface area contributed by atoms with E-state index in [2.05, 4.69) is 87.6 Å². The van der Waals surface area contributed by atoms with Gasteiger partial charge in [0.2, 0.25) is 0 Å². The molecule has 2 aromatic rings. The third-order valence-corrected chi connectivity index (χ3v) is 28.7. The summed E-state index contributed by atoms with van der Waals surface area (Å²) in [4.78, 5) is 0. The SMILES string of the molecule is CCCCC1=Cc2ccccc2[CH]1[Zr+2]([CH]1C(CCCC)=Cc2ccccc21)[SiH](C)C.[F-].[F-]. The molecule has 2 unspecified atom stereocenters. The van der Waals surface area contributed by atoms with Gasteiger partial charge in [0.25, 0.3) is 0 Å². The van der Waals surface area contributed by atoms with Crippen LogP contribution in [0.15, 0.2) is 59.7 Å². The molecule has 2 aliphatic rings. The number of allylic oxidation sites excluding steroid dienone is 2. The van der Waals surface area contributed by atoms with E-state index in [0.717, 1.165) is 7.25 Å². The Hall–Kier alpha value is -1.12. The van der Waals surface area contributed by atoms with E-state index >= 15 is 0 Å². The number of benzene rings is 2. The summed E-state index contributed by atoms with van der Waals surface area (Å²) in [6.07, 6.45) is 13.1. The average Bonchev–Trinajstić information content (AvgIpc) is 3.30. The van der Waals surface area contributed by atoms with E-state index in [4.69, 9.17) is 0 Å². The maximum Gasteiger partial charge on any atom is -1.00 e. The second-order valence-electron chi connectivity index (χ2n) is 9.42. The van der Waals surface area contributed by atoms with Crippen LogP contribution >= 0.6 is 0 Å². The first-order chi connectivity index (χ1) is 14.7. The second kappa shape index (κ2) is 12.4. The molecule has 4 heteroatoms. The van der Waals surface area contributed by atoms with Crippen LogP contribution in [0.1, 0.15) is 81.9 Å². The fourth-order valence-electron chi connectivity index (χ4n) is 5.59. The van der Waals surface area contributed by atoms with E-state index in [1.165, 1.54) is 49.7 Å². The molecule has 0 heterocycles. The molecule has 171 valence electrons. The average molecular weight is 531 g/mol. The van der Waals surface area contributed by atoms with E-state index in [9.17, 15) is 0 Å². The number of hydrogen-bond acceptors (Lipinski definition) is 0. The number of halogens is 2. The van der Waals surface area contributed by atoms with Crippen molar-refractivity contribution in [2.75, 3.05) is 0 Å². The van der Waals surface area contributed by atoms with Crippen LogP contribution in [0.2, 0.25) is 13.1 Å². The number of hydrogen-bond donors (Lipinski definition) is 0. The van der Waals surface area contributed by atoms with Gasteiger partial charge in [0.05, 0.1) is 0 Å². The van der Waals surface area contributed by atoms with Crippen molar-refractivity contribution in [3.63, 3.8) is 0 Å². The summed E-state index contributed by atoms with van der Waals surface area (Å²) < 4.78 is 1.62. The Balaban J connectivity index is 0.00000181. The molecule has 2 atom stereocenters. The van der Waals surface area contributed by atoms with Crippen LogP contribution in [0, 0.1) is 0 Å². The van der Waals surface area contributed by atoms with E-state index in [-0.39, 0.29) is 9.41 Å². The summed E-state index contributed by atoms with van der Waals surface area (Å²) >= 11 is -1.85. The fraction of sp³-hybridized carbons (Fsp3) is 0.429. The predicted molar refractivity (Wildman–Crippen MR) is 132 cm³/mol. The van der Waals surface area contributed by atoms with E-state index in [0.29, 0.717) is 0 Å². The minimum atomic E-state index is -1.85. The molecule has 0 nitrogen and oxygen atoms in total. The van der Waals surface area contributed by atoms with Crippen molar-refractivity contribution >= 4 is 18.1 Å². The minimum absolute atomic E-state index is 0. The molecule has 2 aromatic carbocycles. The van der Waals surface area contributed by atoms with Gasteiger partial charge in [0, 0.05) is 0 Å². The van der Waals surface area contributed by atoms with Gasteiger partial charge < -0.3 is 9.41 Å². The number of rotatable bonds is 9. The Kier molecular flexibility index (Phi) is 10.5. The molecule has 0 fully saturated rings. The monoisotopic (exact) mass is 529 g/mol.